The molecule has 3 aromatic heterocycles. The molecule has 29 heavy (non-hydrogen) atoms. The Kier molecular flexibility index (Phi) is 4.99. The molecule has 4 aromatic rings. The first kappa shape index (κ1) is 19.0. The van der Waals surface area contributed by atoms with E-state index in [1.165, 1.54) is 22.7 Å². The lowest BCUT2D eigenvalue weighted by atomic mass is 10.1. The van der Waals surface area contributed by atoms with E-state index in [0.29, 0.717) is 16.4 Å². The summed E-state index contributed by atoms with van der Waals surface area (Å²) in [7, 11) is 0. The molecule has 4 rings (SSSR count). The van der Waals surface area contributed by atoms with E-state index in [1.807, 2.05) is 54.8 Å². The number of nitrogens with zero attached hydrogens (tertiary/aromatic N) is 3. The van der Waals surface area contributed by atoms with Crippen LogP contribution in [0.25, 0.3) is 16.4 Å². The number of amides is 2. The van der Waals surface area contributed by atoms with Crippen molar-refractivity contribution in [1.82, 2.24) is 14.8 Å². The van der Waals surface area contributed by atoms with E-state index < -0.39 is 11.8 Å². The number of aromatic nitrogens is 3. The molecule has 0 saturated heterocycles. The first-order valence-electron chi connectivity index (χ1n) is 8.73. The van der Waals surface area contributed by atoms with Crippen LogP contribution in [0.3, 0.4) is 0 Å². The molecule has 0 spiro atoms. The van der Waals surface area contributed by atoms with Crippen LogP contribution in [-0.4, -0.2) is 26.6 Å². The summed E-state index contributed by atoms with van der Waals surface area (Å²) in [6, 6.07) is 13.3. The predicted molar refractivity (Wildman–Crippen MR) is 115 cm³/mol. The maximum atomic E-state index is 12.9. The Hall–Kier alpha value is -3.30. The number of benzene rings is 1. The zero-order valence-corrected chi connectivity index (χ0v) is 17.3. The van der Waals surface area contributed by atoms with Gasteiger partial charge >= 0.3 is 0 Å². The van der Waals surface area contributed by atoms with Gasteiger partial charge in [-0.2, -0.15) is 0 Å². The highest BCUT2D eigenvalue weighted by atomic mass is 32.1. The fourth-order valence-electron chi connectivity index (χ4n) is 2.89. The van der Waals surface area contributed by atoms with Crippen molar-refractivity contribution in [2.45, 2.75) is 13.8 Å². The molecule has 3 heterocycles. The third-order valence-electron chi connectivity index (χ3n) is 4.41. The molecule has 0 saturated carbocycles. The van der Waals surface area contributed by atoms with Gasteiger partial charge in [-0.15, -0.1) is 27.8 Å². The number of thiophene rings is 2. The van der Waals surface area contributed by atoms with E-state index in [-0.39, 0.29) is 5.82 Å². The minimum absolute atomic E-state index is 0.0105. The summed E-state index contributed by atoms with van der Waals surface area (Å²) in [6.07, 6.45) is 0. The maximum absolute atomic E-state index is 12.9. The number of rotatable bonds is 5. The van der Waals surface area contributed by atoms with Crippen molar-refractivity contribution in [2.24, 2.45) is 5.73 Å². The van der Waals surface area contributed by atoms with Crippen molar-refractivity contribution in [2.75, 3.05) is 5.32 Å². The van der Waals surface area contributed by atoms with Crippen molar-refractivity contribution in [3.63, 3.8) is 0 Å². The first-order chi connectivity index (χ1) is 14.0. The van der Waals surface area contributed by atoms with E-state index in [1.54, 1.807) is 11.6 Å². The van der Waals surface area contributed by atoms with Crippen LogP contribution in [0.1, 0.15) is 31.4 Å². The van der Waals surface area contributed by atoms with Crippen LogP contribution in [0.15, 0.2) is 47.8 Å². The van der Waals surface area contributed by atoms with Crippen molar-refractivity contribution in [1.29, 1.82) is 0 Å². The Bertz CT molecular complexity index is 1190. The first-order valence-corrected chi connectivity index (χ1v) is 10.4. The molecule has 0 aliphatic rings. The summed E-state index contributed by atoms with van der Waals surface area (Å²) >= 11 is 2.82. The van der Waals surface area contributed by atoms with Gasteiger partial charge < -0.3 is 11.1 Å². The van der Waals surface area contributed by atoms with Crippen LogP contribution in [0, 0.1) is 13.8 Å². The van der Waals surface area contributed by atoms with Gasteiger partial charge in [-0.25, -0.2) is 9.67 Å². The fourth-order valence-corrected chi connectivity index (χ4v) is 4.65. The highest BCUT2D eigenvalue weighted by molar-refractivity contribution is 7.16. The second kappa shape index (κ2) is 7.61. The number of hydrogen-bond donors (Lipinski definition) is 2. The molecule has 0 aliphatic carbocycles. The zero-order valence-electron chi connectivity index (χ0n) is 15.7. The molecule has 0 atom stereocenters. The SMILES string of the molecule is Cc1sc(NC(=O)c2nc(-c3cccs3)n(-c3ccccc3)n2)c(C(N)=O)c1C. The second-order valence-corrected chi connectivity index (χ2v) is 8.46. The van der Waals surface area contributed by atoms with Crippen LogP contribution in [-0.2, 0) is 0 Å². The lowest BCUT2D eigenvalue weighted by molar-refractivity contribution is 0.100. The van der Waals surface area contributed by atoms with Gasteiger partial charge in [0.25, 0.3) is 11.8 Å². The minimum atomic E-state index is -0.579. The number of aryl methyl sites for hydroxylation is 1. The molecule has 7 nitrogen and oxygen atoms in total. The van der Waals surface area contributed by atoms with Crippen LogP contribution in [0.2, 0.25) is 0 Å². The zero-order chi connectivity index (χ0) is 20.5. The molecule has 3 N–H and O–H groups in total. The molecule has 9 heteroatoms. The van der Waals surface area contributed by atoms with E-state index in [4.69, 9.17) is 5.73 Å². The van der Waals surface area contributed by atoms with E-state index in [0.717, 1.165) is 21.0 Å². The van der Waals surface area contributed by atoms with Crippen molar-refractivity contribution in [3.8, 4) is 16.4 Å². The van der Waals surface area contributed by atoms with Gasteiger partial charge in [0.05, 0.1) is 16.1 Å². The summed E-state index contributed by atoms with van der Waals surface area (Å²) < 4.78 is 1.64. The molecule has 0 unspecified atom stereocenters. The van der Waals surface area contributed by atoms with Gasteiger partial charge in [0, 0.05) is 4.88 Å². The number of nitrogens with two attached hydrogens (primary N) is 1. The normalized spacial score (nSPS) is 10.8. The Labute approximate surface area is 174 Å². The van der Waals surface area contributed by atoms with E-state index in [2.05, 4.69) is 15.4 Å². The Morgan fingerprint density at radius 3 is 2.52 bits per heavy atom. The standard InChI is InChI=1S/C20H17N5O2S2/c1-11-12(2)29-20(15(11)16(21)26)23-19(27)17-22-18(14-9-6-10-28-14)25(24-17)13-7-4-3-5-8-13/h3-10H,1-2H3,(H2,21,26)(H,23,27). The molecule has 0 aliphatic heterocycles. The number of carbonyl (C=O) groups excluding carboxylic acids is 2. The summed E-state index contributed by atoms with van der Waals surface area (Å²) in [5.74, 6) is -0.494. The van der Waals surface area contributed by atoms with Crippen molar-refractivity contribution in [3.05, 3.63) is 69.7 Å². The van der Waals surface area contributed by atoms with Crippen LogP contribution in [0.5, 0.6) is 0 Å². The van der Waals surface area contributed by atoms with Gasteiger partial charge in [0.1, 0.15) is 5.00 Å². The average Bonchev–Trinajstić information content (AvgIpc) is 3.42. The quantitative estimate of drug-likeness (QED) is 0.506. The lowest BCUT2D eigenvalue weighted by Gasteiger charge is -2.03. The highest BCUT2D eigenvalue weighted by Gasteiger charge is 2.23. The minimum Gasteiger partial charge on any atom is -0.365 e. The third kappa shape index (κ3) is 3.57. The summed E-state index contributed by atoms with van der Waals surface area (Å²) in [5, 5.41) is 9.52. The Balaban J connectivity index is 1.74. The number of primary amides is 1. The predicted octanol–water partition coefficient (Wildman–Crippen LogP) is 4.03. The van der Waals surface area contributed by atoms with Gasteiger partial charge in [-0.3, -0.25) is 9.59 Å². The van der Waals surface area contributed by atoms with Crippen molar-refractivity contribution < 1.29 is 9.59 Å². The molecule has 0 bridgehead atoms. The highest BCUT2D eigenvalue weighted by Crippen LogP contribution is 2.32. The van der Waals surface area contributed by atoms with E-state index in [9.17, 15) is 9.59 Å². The second-order valence-electron chi connectivity index (χ2n) is 6.29. The Morgan fingerprint density at radius 1 is 1.10 bits per heavy atom. The van der Waals surface area contributed by atoms with Crippen LogP contribution < -0.4 is 11.1 Å². The summed E-state index contributed by atoms with van der Waals surface area (Å²) in [5.41, 5.74) is 7.37. The maximum Gasteiger partial charge on any atom is 0.295 e. The number of carbonyl (C=O) groups is 2. The van der Waals surface area contributed by atoms with Crippen molar-refractivity contribution >= 4 is 39.5 Å². The Morgan fingerprint density at radius 2 is 1.86 bits per heavy atom. The van der Waals surface area contributed by atoms with Crippen LogP contribution in [0.4, 0.5) is 5.00 Å². The molecule has 1 aromatic carbocycles. The molecule has 146 valence electrons. The molecule has 0 radical (unpaired) electrons. The van der Waals surface area contributed by atoms with E-state index >= 15 is 0 Å². The van der Waals surface area contributed by atoms with Gasteiger partial charge in [0.2, 0.25) is 5.82 Å². The molecule has 2 amide bonds. The fraction of sp³-hybridized carbons (Fsp3) is 0.100. The molecular weight excluding hydrogens is 406 g/mol. The number of para-hydroxylation sites is 1. The third-order valence-corrected chi connectivity index (χ3v) is 6.40. The smallest absolute Gasteiger partial charge is 0.295 e. The molecular formula is C20H17N5O2S2. The van der Waals surface area contributed by atoms with Gasteiger partial charge in [-0.1, -0.05) is 24.3 Å². The monoisotopic (exact) mass is 423 g/mol. The largest absolute Gasteiger partial charge is 0.365 e. The number of nitrogens with one attached hydrogen (secondary N) is 1. The van der Waals surface area contributed by atoms with Crippen LogP contribution >= 0.6 is 22.7 Å². The number of hydrogen-bond acceptors (Lipinski definition) is 6. The average molecular weight is 424 g/mol. The summed E-state index contributed by atoms with van der Waals surface area (Å²) in [4.78, 5) is 31.0. The van der Waals surface area contributed by atoms with Gasteiger partial charge in [0.15, 0.2) is 5.82 Å². The summed E-state index contributed by atoms with van der Waals surface area (Å²) in [6.45, 7) is 3.68. The molecule has 0 fully saturated rings. The number of anilines is 1. The van der Waals surface area contributed by atoms with Gasteiger partial charge in [-0.05, 0) is 43.0 Å². The topological polar surface area (TPSA) is 103 Å². The lowest BCUT2D eigenvalue weighted by Crippen LogP contribution is -2.18.